The van der Waals surface area contributed by atoms with Crippen molar-refractivity contribution >= 4 is 34.4 Å². The summed E-state index contributed by atoms with van der Waals surface area (Å²) >= 11 is 5.99. The molecule has 1 amide bonds. The van der Waals surface area contributed by atoms with Crippen LogP contribution in [0.15, 0.2) is 61.4 Å². The lowest BCUT2D eigenvalue weighted by atomic mass is 9.95. The topological polar surface area (TPSA) is 110 Å². The molecule has 1 atom stereocenters. The number of phenolic OH excluding ortho intramolecular Hbond substituents is 1. The first kappa shape index (κ1) is 20.0. The number of phenols is 1. The summed E-state index contributed by atoms with van der Waals surface area (Å²) < 4.78 is 1.77. The van der Waals surface area contributed by atoms with Gasteiger partial charge < -0.3 is 15.7 Å². The van der Waals surface area contributed by atoms with Crippen LogP contribution < -0.4 is 5.73 Å². The van der Waals surface area contributed by atoms with E-state index in [1.165, 1.54) is 18.5 Å². The molecule has 0 bridgehead atoms. The number of anilines is 1. The first-order chi connectivity index (χ1) is 15.5. The second-order valence-corrected chi connectivity index (χ2v) is 7.96. The Balaban J connectivity index is 1.74. The van der Waals surface area contributed by atoms with Gasteiger partial charge >= 0.3 is 0 Å². The highest BCUT2D eigenvalue weighted by Gasteiger charge is 2.31. The van der Waals surface area contributed by atoms with Crippen LogP contribution in [0.3, 0.4) is 0 Å². The molecule has 0 aliphatic carbocycles. The Labute approximate surface area is 188 Å². The molecule has 0 radical (unpaired) electrons. The largest absolute Gasteiger partial charge is 0.506 e. The van der Waals surface area contributed by atoms with Crippen molar-refractivity contribution in [3.63, 3.8) is 0 Å². The van der Waals surface area contributed by atoms with E-state index in [0.29, 0.717) is 35.4 Å². The lowest BCUT2D eigenvalue weighted by Crippen LogP contribution is -2.39. The molecular formula is C23H19ClN6O2. The summed E-state index contributed by atoms with van der Waals surface area (Å²) in [6.07, 6.45) is 2.70. The van der Waals surface area contributed by atoms with Crippen LogP contribution in [0.4, 0.5) is 5.82 Å². The molecule has 0 saturated carbocycles. The van der Waals surface area contributed by atoms with Crippen molar-refractivity contribution in [1.29, 1.82) is 0 Å². The molecule has 0 fully saturated rings. The summed E-state index contributed by atoms with van der Waals surface area (Å²) in [6, 6.07) is 12.5. The summed E-state index contributed by atoms with van der Waals surface area (Å²) in [5.74, 6) is 0.0554. The predicted molar refractivity (Wildman–Crippen MR) is 122 cm³/mol. The lowest BCUT2D eigenvalue weighted by molar-refractivity contribution is -0.127. The third-order valence-corrected chi connectivity index (χ3v) is 6.01. The average molecular weight is 447 g/mol. The highest BCUT2D eigenvalue weighted by molar-refractivity contribution is 6.32. The summed E-state index contributed by atoms with van der Waals surface area (Å²) in [5, 5.41) is 15.8. The number of benzene rings is 2. The van der Waals surface area contributed by atoms with Gasteiger partial charge in [0, 0.05) is 18.7 Å². The van der Waals surface area contributed by atoms with Gasteiger partial charge in [0.05, 0.1) is 16.5 Å². The number of hydrogen-bond acceptors (Lipinski definition) is 6. The monoisotopic (exact) mass is 446 g/mol. The molecule has 0 spiro atoms. The van der Waals surface area contributed by atoms with Crippen molar-refractivity contribution in [3.05, 3.63) is 77.6 Å². The van der Waals surface area contributed by atoms with E-state index >= 15 is 0 Å². The SMILES string of the molecule is C=CC(=O)N1Cc2ccccc2C(n2nc(-c3ccc(Cl)c(O)c3)c3c(N)ncnc32)C1. The van der Waals surface area contributed by atoms with Gasteiger partial charge in [-0.15, -0.1) is 0 Å². The van der Waals surface area contributed by atoms with Crippen molar-refractivity contribution in [2.75, 3.05) is 12.3 Å². The minimum absolute atomic E-state index is 0.0620. The van der Waals surface area contributed by atoms with Crippen molar-refractivity contribution in [1.82, 2.24) is 24.6 Å². The maximum atomic E-state index is 12.5. The molecule has 3 N–H and O–H groups in total. The zero-order chi connectivity index (χ0) is 22.4. The Kier molecular flexibility index (Phi) is 4.79. The third-order valence-electron chi connectivity index (χ3n) is 5.69. The number of nitrogens with two attached hydrogens (primary N) is 1. The lowest BCUT2D eigenvalue weighted by Gasteiger charge is -2.34. The number of fused-ring (bicyclic) bond motifs is 2. The predicted octanol–water partition coefficient (Wildman–Crippen LogP) is 3.55. The standard InChI is InChI=1S/C23H19ClN6O2/c1-2-19(32)29-10-14-5-3-4-6-15(14)17(11-29)30-23-20(22(25)26-12-27-23)21(28-30)13-7-8-16(24)18(31)9-13/h2-9,12,17,31H,1,10-11H2,(H2,25,26,27). The molecule has 2 aromatic heterocycles. The Morgan fingerprint density at radius 1 is 1.25 bits per heavy atom. The van der Waals surface area contributed by atoms with Crippen LogP contribution in [-0.2, 0) is 11.3 Å². The van der Waals surface area contributed by atoms with Crippen LogP contribution in [0.1, 0.15) is 17.2 Å². The second kappa shape index (κ2) is 7.65. The number of nitrogens with zero attached hydrogens (tertiary/aromatic N) is 5. The average Bonchev–Trinajstić information content (AvgIpc) is 3.20. The summed E-state index contributed by atoms with van der Waals surface area (Å²) in [7, 11) is 0. The molecule has 3 heterocycles. The zero-order valence-corrected chi connectivity index (χ0v) is 17.7. The van der Waals surface area contributed by atoms with Crippen molar-refractivity contribution in [3.8, 4) is 17.0 Å². The molecule has 1 unspecified atom stereocenters. The molecule has 1 aliphatic heterocycles. The molecule has 8 nitrogen and oxygen atoms in total. The van der Waals surface area contributed by atoms with E-state index in [-0.39, 0.29) is 28.5 Å². The van der Waals surface area contributed by atoms with Crippen LogP contribution >= 0.6 is 11.6 Å². The molecule has 1 aliphatic rings. The number of amides is 1. The van der Waals surface area contributed by atoms with Gasteiger partial charge in [0.2, 0.25) is 5.91 Å². The number of halogens is 1. The minimum Gasteiger partial charge on any atom is -0.506 e. The van der Waals surface area contributed by atoms with E-state index in [4.69, 9.17) is 22.4 Å². The van der Waals surface area contributed by atoms with Gasteiger partial charge in [0.25, 0.3) is 0 Å². The first-order valence-corrected chi connectivity index (χ1v) is 10.3. The van der Waals surface area contributed by atoms with Crippen molar-refractivity contribution in [2.45, 2.75) is 12.6 Å². The highest BCUT2D eigenvalue weighted by atomic mass is 35.5. The van der Waals surface area contributed by atoms with Crippen LogP contribution in [0.2, 0.25) is 5.02 Å². The Bertz CT molecular complexity index is 1380. The van der Waals surface area contributed by atoms with E-state index < -0.39 is 0 Å². The van der Waals surface area contributed by atoms with E-state index in [0.717, 1.165) is 11.1 Å². The molecule has 0 saturated heterocycles. The summed E-state index contributed by atoms with van der Waals surface area (Å²) in [4.78, 5) is 22.8. The van der Waals surface area contributed by atoms with Gasteiger partial charge in [-0.2, -0.15) is 5.10 Å². The number of carbonyl (C=O) groups is 1. The molecule has 32 heavy (non-hydrogen) atoms. The van der Waals surface area contributed by atoms with Gasteiger partial charge in [-0.3, -0.25) is 4.79 Å². The number of nitrogen functional groups attached to an aromatic ring is 1. The molecule has 4 aromatic rings. The maximum absolute atomic E-state index is 12.5. The van der Waals surface area contributed by atoms with E-state index in [9.17, 15) is 9.90 Å². The number of aromatic hydroxyl groups is 1. The quantitative estimate of drug-likeness (QED) is 0.465. The fraction of sp³-hybridized carbons (Fsp3) is 0.130. The number of rotatable bonds is 3. The highest BCUT2D eigenvalue weighted by Crippen LogP contribution is 2.38. The van der Waals surface area contributed by atoms with Gasteiger partial charge in [0.1, 0.15) is 23.6 Å². The fourth-order valence-electron chi connectivity index (χ4n) is 4.16. The van der Waals surface area contributed by atoms with E-state index in [1.807, 2.05) is 24.3 Å². The molecule has 9 heteroatoms. The van der Waals surface area contributed by atoms with Crippen LogP contribution in [0, 0.1) is 0 Å². The van der Waals surface area contributed by atoms with Crippen LogP contribution in [-0.4, -0.2) is 42.2 Å². The molecule has 2 aromatic carbocycles. The van der Waals surface area contributed by atoms with E-state index in [2.05, 4.69) is 16.5 Å². The Morgan fingerprint density at radius 2 is 2.06 bits per heavy atom. The Morgan fingerprint density at radius 3 is 2.84 bits per heavy atom. The van der Waals surface area contributed by atoms with Gasteiger partial charge in [-0.1, -0.05) is 48.5 Å². The summed E-state index contributed by atoms with van der Waals surface area (Å²) in [5.41, 5.74) is 9.98. The van der Waals surface area contributed by atoms with Crippen LogP contribution in [0.5, 0.6) is 5.75 Å². The molecule has 160 valence electrons. The number of aromatic nitrogens is 4. The third kappa shape index (κ3) is 3.16. The normalized spacial score (nSPS) is 15.5. The van der Waals surface area contributed by atoms with Gasteiger partial charge in [0.15, 0.2) is 5.65 Å². The van der Waals surface area contributed by atoms with Gasteiger partial charge in [-0.25, -0.2) is 14.6 Å². The van der Waals surface area contributed by atoms with Crippen LogP contribution in [0.25, 0.3) is 22.3 Å². The number of hydrogen-bond donors (Lipinski definition) is 2. The fourth-order valence-corrected chi connectivity index (χ4v) is 4.28. The molecule has 5 rings (SSSR count). The minimum atomic E-state index is -0.296. The smallest absolute Gasteiger partial charge is 0.246 e. The van der Waals surface area contributed by atoms with Crippen molar-refractivity contribution in [2.24, 2.45) is 0 Å². The Hall–Kier alpha value is -3.91. The van der Waals surface area contributed by atoms with E-state index in [1.54, 1.807) is 21.7 Å². The second-order valence-electron chi connectivity index (χ2n) is 7.55. The first-order valence-electron chi connectivity index (χ1n) is 9.94. The van der Waals surface area contributed by atoms with Crippen molar-refractivity contribution < 1.29 is 9.90 Å². The molecular weight excluding hydrogens is 428 g/mol. The summed E-state index contributed by atoms with van der Waals surface area (Å²) in [6.45, 7) is 4.51. The van der Waals surface area contributed by atoms with Gasteiger partial charge in [-0.05, 0) is 29.3 Å². The maximum Gasteiger partial charge on any atom is 0.246 e. The zero-order valence-electron chi connectivity index (χ0n) is 16.9. The number of carbonyl (C=O) groups excluding carboxylic acids is 1.